The minimum atomic E-state index is 0.113. The standard InChI is InChI=1S/C14H24N2S/c1-5-13(10-17-4)16(3)14-8-6-12(7-9-14)11(2)15/h6-9,11,13H,5,10,15H2,1-4H3/t11-,13?/m1/s1. The SMILES string of the molecule is CCC(CSC)N(C)c1ccc([C@@H](C)N)cc1. The molecule has 0 saturated heterocycles. The summed E-state index contributed by atoms with van der Waals surface area (Å²) in [5.41, 5.74) is 8.32. The Labute approximate surface area is 110 Å². The summed E-state index contributed by atoms with van der Waals surface area (Å²) in [6.45, 7) is 4.26. The number of anilines is 1. The molecule has 0 radical (unpaired) electrons. The minimum Gasteiger partial charge on any atom is -0.371 e. The first-order valence-electron chi connectivity index (χ1n) is 6.17. The van der Waals surface area contributed by atoms with Crippen LogP contribution in [0.25, 0.3) is 0 Å². The number of hydrogen-bond donors (Lipinski definition) is 1. The summed E-state index contributed by atoms with van der Waals surface area (Å²) < 4.78 is 0. The molecule has 17 heavy (non-hydrogen) atoms. The van der Waals surface area contributed by atoms with Gasteiger partial charge < -0.3 is 10.6 Å². The van der Waals surface area contributed by atoms with Crippen LogP contribution < -0.4 is 10.6 Å². The molecule has 0 spiro atoms. The average Bonchev–Trinajstić information content (AvgIpc) is 2.35. The fourth-order valence-corrected chi connectivity index (χ4v) is 2.76. The Kier molecular flexibility index (Phi) is 5.86. The molecule has 0 heterocycles. The summed E-state index contributed by atoms with van der Waals surface area (Å²) in [7, 11) is 2.17. The zero-order valence-electron chi connectivity index (χ0n) is 11.3. The number of hydrogen-bond acceptors (Lipinski definition) is 3. The van der Waals surface area contributed by atoms with Crippen molar-refractivity contribution in [1.29, 1.82) is 0 Å². The maximum absolute atomic E-state index is 5.86. The molecule has 2 N–H and O–H groups in total. The van der Waals surface area contributed by atoms with E-state index in [2.05, 4.69) is 49.4 Å². The van der Waals surface area contributed by atoms with Crippen LogP contribution in [0, 0.1) is 0 Å². The van der Waals surface area contributed by atoms with Crippen LogP contribution >= 0.6 is 11.8 Å². The van der Waals surface area contributed by atoms with E-state index in [0.717, 1.165) is 0 Å². The van der Waals surface area contributed by atoms with Crippen molar-refractivity contribution in [2.45, 2.75) is 32.4 Å². The lowest BCUT2D eigenvalue weighted by atomic mass is 10.1. The topological polar surface area (TPSA) is 29.3 Å². The van der Waals surface area contributed by atoms with Gasteiger partial charge in [0.15, 0.2) is 0 Å². The Hall–Kier alpha value is -0.670. The van der Waals surface area contributed by atoms with E-state index in [1.807, 2.05) is 18.7 Å². The van der Waals surface area contributed by atoms with Gasteiger partial charge in [-0.25, -0.2) is 0 Å². The van der Waals surface area contributed by atoms with E-state index in [4.69, 9.17) is 5.73 Å². The molecule has 0 aliphatic heterocycles. The first-order valence-corrected chi connectivity index (χ1v) is 7.56. The smallest absolute Gasteiger partial charge is 0.0374 e. The van der Waals surface area contributed by atoms with Crippen molar-refractivity contribution in [2.24, 2.45) is 5.73 Å². The fourth-order valence-electron chi connectivity index (χ4n) is 1.92. The van der Waals surface area contributed by atoms with Gasteiger partial charge in [-0.15, -0.1) is 0 Å². The Bertz CT molecular complexity index is 321. The van der Waals surface area contributed by atoms with Crippen LogP contribution in [-0.2, 0) is 0 Å². The monoisotopic (exact) mass is 252 g/mol. The second kappa shape index (κ2) is 6.92. The molecule has 0 saturated carbocycles. The molecule has 0 fully saturated rings. The zero-order valence-corrected chi connectivity index (χ0v) is 12.1. The molecule has 0 aromatic heterocycles. The highest BCUT2D eigenvalue weighted by atomic mass is 32.2. The zero-order chi connectivity index (χ0) is 12.8. The number of nitrogens with two attached hydrogens (primary N) is 1. The molecule has 0 aliphatic carbocycles. The van der Waals surface area contributed by atoms with Crippen molar-refractivity contribution >= 4 is 17.4 Å². The molecule has 3 heteroatoms. The average molecular weight is 252 g/mol. The number of rotatable bonds is 6. The van der Waals surface area contributed by atoms with Gasteiger partial charge in [0, 0.05) is 30.6 Å². The lowest BCUT2D eigenvalue weighted by Crippen LogP contribution is -2.33. The van der Waals surface area contributed by atoms with Gasteiger partial charge in [0.25, 0.3) is 0 Å². The normalized spacial score (nSPS) is 14.4. The van der Waals surface area contributed by atoms with E-state index < -0.39 is 0 Å². The molecule has 0 aliphatic rings. The first kappa shape index (κ1) is 14.4. The lowest BCUT2D eigenvalue weighted by molar-refractivity contribution is 0.673. The highest BCUT2D eigenvalue weighted by Crippen LogP contribution is 2.21. The second-order valence-corrected chi connectivity index (χ2v) is 5.42. The third kappa shape index (κ3) is 3.93. The third-order valence-electron chi connectivity index (χ3n) is 3.20. The predicted molar refractivity (Wildman–Crippen MR) is 79.9 cm³/mol. The Morgan fingerprint density at radius 3 is 2.29 bits per heavy atom. The number of thioether (sulfide) groups is 1. The van der Waals surface area contributed by atoms with Crippen LogP contribution in [0.15, 0.2) is 24.3 Å². The van der Waals surface area contributed by atoms with Crippen LogP contribution in [0.2, 0.25) is 0 Å². The van der Waals surface area contributed by atoms with E-state index in [9.17, 15) is 0 Å². The minimum absolute atomic E-state index is 0.113. The third-order valence-corrected chi connectivity index (χ3v) is 3.92. The molecule has 0 amide bonds. The molecule has 1 unspecified atom stereocenters. The van der Waals surface area contributed by atoms with E-state index in [1.165, 1.54) is 23.4 Å². The fraction of sp³-hybridized carbons (Fsp3) is 0.571. The van der Waals surface area contributed by atoms with Crippen LogP contribution in [0.5, 0.6) is 0 Å². The maximum Gasteiger partial charge on any atom is 0.0374 e. The van der Waals surface area contributed by atoms with Crippen LogP contribution in [0.1, 0.15) is 31.9 Å². The summed E-state index contributed by atoms with van der Waals surface area (Å²) in [5.74, 6) is 1.17. The van der Waals surface area contributed by atoms with E-state index >= 15 is 0 Å². The van der Waals surface area contributed by atoms with E-state index in [0.29, 0.717) is 6.04 Å². The summed E-state index contributed by atoms with van der Waals surface area (Å²) >= 11 is 1.90. The molecule has 2 nitrogen and oxygen atoms in total. The largest absolute Gasteiger partial charge is 0.371 e. The van der Waals surface area contributed by atoms with Crippen molar-refractivity contribution in [3.8, 4) is 0 Å². The van der Waals surface area contributed by atoms with E-state index in [-0.39, 0.29) is 6.04 Å². The maximum atomic E-state index is 5.86. The summed E-state index contributed by atoms with van der Waals surface area (Å²) in [6, 6.07) is 9.31. The van der Waals surface area contributed by atoms with Crippen molar-refractivity contribution in [3.05, 3.63) is 29.8 Å². The molecule has 1 aromatic carbocycles. The molecular weight excluding hydrogens is 228 g/mol. The molecule has 1 rings (SSSR count). The van der Waals surface area contributed by atoms with Gasteiger partial charge in [-0.2, -0.15) is 11.8 Å². The second-order valence-electron chi connectivity index (χ2n) is 4.51. The van der Waals surface area contributed by atoms with Crippen LogP contribution in [0.4, 0.5) is 5.69 Å². The van der Waals surface area contributed by atoms with Crippen molar-refractivity contribution < 1.29 is 0 Å². The molecule has 0 bridgehead atoms. The lowest BCUT2D eigenvalue weighted by Gasteiger charge is -2.29. The Morgan fingerprint density at radius 1 is 1.29 bits per heavy atom. The van der Waals surface area contributed by atoms with E-state index in [1.54, 1.807) is 0 Å². The number of benzene rings is 1. The van der Waals surface area contributed by atoms with Gasteiger partial charge in [-0.3, -0.25) is 0 Å². The predicted octanol–water partition coefficient (Wildman–Crippen LogP) is 3.28. The van der Waals surface area contributed by atoms with Crippen molar-refractivity contribution in [3.63, 3.8) is 0 Å². The highest BCUT2D eigenvalue weighted by molar-refractivity contribution is 7.98. The van der Waals surface area contributed by atoms with Crippen LogP contribution in [-0.4, -0.2) is 25.1 Å². The van der Waals surface area contributed by atoms with Gasteiger partial charge in [0.2, 0.25) is 0 Å². The number of nitrogens with zero attached hydrogens (tertiary/aromatic N) is 1. The van der Waals surface area contributed by atoms with Gasteiger partial charge in [-0.1, -0.05) is 19.1 Å². The molecule has 1 aromatic rings. The van der Waals surface area contributed by atoms with Gasteiger partial charge in [0.1, 0.15) is 0 Å². The van der Waals surface area contributed by atoms with Crippen LogP contribution in [0.3, 0.4) is 0 Å². The highest BCUT2D eigenvalue weighted by Gasteiger charge is 2.12. The van der Waals surface area contributed by atoms with Gasteiger partial charge >= 0.3 is 0 Å². The summed E-state index contributed by atoms with van der Waals surface area (Å²) in [6.07, 6.45) is 3.34. The van der Waals surface area contributed by atoms with Crippen molar-refractivity contribution in [2.75, 3.05) is 24.0 Å². The van der Waals surface area contributed by atoms with Gasteiger partial charge in [0.05, 0.1) is 0 Å². The molecular formula is C14H24N2S. The Balaban J connectivity index is 2.77. The molecule has 96 valence electrons. The van der Waals surface area contributed by atoms with Gasteiger partial charge in [-0.05, 0) is 37.3 Å². The Morgan fingerprint density at radius 2 is 1.88 bits per heavy atom. The summed E-state index contributed by atoms with van der Waals surface area (Å²) in [4.78, 5) is 2.36. The molecule has 2 atom stereocenters. The first-order chi connectivity index (χ1) is 8.10. The van der Waals surface area contributed by atoms with Crippen molar-refractivity contribution in [1.82, 2.24) is 0 Å². The summed E-state index contributed by atoms with van der Waals surface area (Å²) in [5, 5.41) is 0. The quantitative estimate of drug-likeness (QED) is 0.842.